The van der Waals surface area contributed by atoms with Gasteiger partial charge in [0.05, 0.1) is 25.8 Å². The van der Waals surface area contributed by atoms with Gasteiger partial charge in [0.15, 0.2) is 0 Å². The third-order valence-corrected chi connectivity index (χ3v) is 4.82. The van der Waals surface area contributed by atoms with E-state index in [1.165, 1.54) is 6.42 Å². The van der Waals surface area contributed by atoms with Crippen LogP contribution in [0.1, 0.15) is 25.7 Å². The molecule has 1 aromatic carbocycles. The van der Waals surface area contributed by atoms with Crippen molar-refractivity contribution in [3.63, 3.8) is 0 Å². The van der Waals surface area contributed by atoms with Gasteiger partial charge in [-0.3, -0.25) is 9.59 Å². The highest BCUT2D eigenvalue weighted by Gasteiger charge is 2.38. The molecule has 24 heavy (non-hydrogen) atoms. The van der Waals surface area contributed by atoms with Gasteiger partial charge >= 0.3 is 0 Å². The lowest BCUT2D eigenvalue weighted by atomic mass is 10.0. The van der Waals surface area contributed by atoms with E-state index in [0.717, 1.165) is 25.9 Å². The number of likely N-dealkylation sites (tertiary alicyclic amines) is 1. The van der Waals surface area contributed by atoms with Crippen LogP contribution in [0.2, 0.25) is 0 Å². The molecule has 6 heteroatoms. The van der Waals surface area contributed by atoms with E-state index in [1.54, 1.807) is 31.3 Å². The van der Waals surface area contributed by atoms with Crippen molar-refractivity contribution in [2.45, 2.75) is 25.7 Å². The number of benzene rings is 1. The number of nitrogens with zero attached hydrogens (tertiary/aromatic N) is 2. The minimum absolute atomic E-state index is 0.0335. The largest absolute Gasteiger partial charge is 0.497 e. The highest BCUT2D eigenvalue weighted by molar-refractivity contribution is 6.01. The molecule has 3 rings (SSSR count). The molecule has 2 aliphatic heterocycles. The van der Waals surface area contributed by atoms with E-state index >= 15 is 0 Å². The lowest BCUT2D eigenvalue weighted by Gasteiger charge is -2.29. The van der Waals surface area contributed by atoms with Crippen molar-refractivity contribution in [3.05, 3.63) is 18.2 Å². The molecule has 0 radical (unpaired) electrons. The first-order valence-electron chi connectivity index (χ1n) is 8.45. The van der Waals surface area contributed by atoms with E-state index in [1.807, 2.05) is 11.0 Å². The van der Waals surface area contributed by atoms with Gasteiger partial charge in [-0.15, -0.1) is 0 Å². The minimum Gasteiger partial charge on any atom is -0.497 e. The summed E-state index contributed by atoms with van der Waals surface area (Å²) < 4.78 is 10.6. The van der Waals surface area contributed by atoms with Crippen molar-refractivity contribution < 1.29 is 19.1 Å². The van der Waals surface area contributed by atoms with Crippen LogP contribution in [0.3, 0.4) is 0 Å². The molecular weight excluding hydrogens is 308 g/mol. The number of methoxy groups -OCH3 is 2. The Morgan fingerprint density at radius 1 is 1.12 bits per heavy atom. The molecule has 0 unspecified atom stereocenters. The summed E-state index contributed by atoms with van der Waals surface area (Å²) in [5, 5.41) is 0. The van der Waals surface area contributed by atoms with Crippen LogP contribution in [0.15, 0.2) is 18.2 Å². The standard InChI is InChI=1S/C18H24N2O4/c1-23-14-6-7-15(16(11-14)24-2)20-12-13(10-17(20)21)18(22)19-8-4-3-5-9-19/h6-7,11,13H,3-5,8-10,12H2,1-2H3/t13-/m0/s1. The number of carbonyl (C=O) groups excluding carboxylic acids is 2. The fraction of sp³-hybridized carbons (Fsp3) is 0.556. The Labute approximate surface area is 142 Å². The summed E-state index contributed by atoms with van der Waals surface area (Å²) in [6.07, 6.45) is 3.57. The average molecular weight is 332 g/mol. The van der Waals surface area contributed by atoms with Crippen LogP contribution in [0.5, 0.6) is 11.5 Å². The fourth-order valence-corrected chi connectivity index (χ4v) is 3.49. The summed E-state index contributed by atoms with van der Waals surface area (Å²) in [6, 6.07) is 5.36. The van der Waals surface area contributed by atoms with Gasteiger partial charge in [-0.2, -0.15) is 0 Å². The van der Waals surface area contributed by atoms with Crippen LogP contribution in [0.4, 0.5) is 5.69 Å². The molecule has 0 aromatic heterocycles. The lowest BCUT2D eigenvalue weighted by Crippen LogP contribution is -2.40. The second-order valence-electron chi connectivity index (χ2n) is 6.33. The molecular formula is C18H24N2O4. The van der Waals surface area contributed by atoms with Gasteiger partial charge in [-0.1, -0.05) is 0 Å². The second kappa shape index (κ2) is 7.11. The van der Waals surface area contributed by atoms with Gasteiger partial charge in [0, 0.05) is 32.1 Å². The van der Waals surface area contributed by atoms with E-state index in [4.69, 9.17) is 9.47 Å². The molecule has 2 fully saturated rings. The molecule has 2 amide bonds. The Morgan fingerprint density at radius 2 is 1.88 bits per heavy atom. The monoisotopic (exact) mass is 332 g/mol. The fourth-order valence-electron chi connectivity index (χ4n) is 3.49. The normalized spacial score (nSPS) is 21.1. The number of amides is 2. The molecule has 2 saturated heterocycles. The first-order valence-corrected chi connectivity index (χ1v) is 8.45. The Balaban J connectivity index is 1.76. The molecule has 6 nitrogen and oxygen atoms in total. The number of anilines is 1. The van der Waals surface area contributed by atoms with Gasteiger partial charge < -0.3 is 19.3 Å². The van der Waals surface area contributed by atoms with Crippen molar-refractivity contribution in [1.82, 2.24) is 4.90 Å². The van der Waals surface area contributed by atoms with Crippen LogP contribution in [-0.4, -0.2) is 50.6 Å². The Hall–Kier alpha value is -2.24. The third kappa shape index (κ3) is 3.18. The van der Waals surface area contributed by atoms with Crippen LogP contribution in [0.25, 0.3) is 0 Å². The average Bonchev–Trinajstić information content (AvgIpc) is 3.02. The first kappa shape index (κ1) is 16.6. The van der Waals surface area contributed by atoms with Crippen molar-refractivity contribution in [2.24, 2.45) is 5.92 Å². The van der Waals surface area contributed by atoms with E-state index < -0.39 is 0 Å². The van der Waals surface area contributed by atoms with Gasteiger partial charge in [-0.25, -0.2) is 0 Å². The maximum absolute atomic E-state index is 12.7. The zero-order valence-corrected chi connectivity index (χ0v) is 14.3. The van der Waals surface area contributed by atoms with Gasteiger partial charge in [0.2, 0.25) is 11.8 Å². The molecule has 2 heterocycles. The molecule has 0 N–H and O–H groups in total. The van der Waals surface area contributed by atoms with E-state index in [0.29, 0.717) is 23.7 Å². The van der Waals surface area contributed by atoms with E-state index in [2.05, 4.69) is 0 Å². The highest BCUT2D eigenvalue weighted by Crippen LogP contribution is 2.36. The van der Waals surface area contributed by atoms with Crippen LogP contribution >= 0.6 is 0 Å². The van der Waals surface area contributed by atoms with E-state index in [9.17, 15) is 9.59 Å². The van der Waals surface area contributed by atoms with Gasteiger partial charge in [0.1, 0.15) is 11.5 Å². The lowest BCUT2D eigenvalue weighted by molar-refractivity contribution is -0.136. The summed E-state index contributed by atoms with van der Waals surface area (Å²) in [5.74, 6) is 1.06. The topological polar surface area (TPSA) is 59.1 Å². The number of carbonyl (C=O) groups is 2. The Bertz CT molecular complexity index is 625. The number of piperidine rings is 1. The smallest absolute Gasteiger partial charge is 0.228 e. The molecule has 0 bridgehead atoms. The van der Waals surface area contributed by atoms with Crippen molar-refractivity contribution in [3.8, 4) is 11.5 Å². The number of rotatable bonds is 4. The quantitative estimate of drug-likeness (QED) is 0.847. The zero-order valence-electron chi connectivity index (χ0n) is 14.3. The minimum atomic E-state index is -0.262. The highest BCUT2D eigenvalue weighted by atomic mass is 16.5. The molecule has 2 aliphatic rings. The zero-order chi connectivity index (χ0) is 17.1. The predicted octanol–water partition coefficient (Wildman–Crippen LogP) is 2.07. The van der Waals surface area contributed by atoms with Gasteiger partial charge in [0.25, 0.3) is 0 Å². The second-order valence-corrected chi connectivity index (χ2v) is 6.33. The van der Waals surface area contributed by atoms with Crippen molar-refractivity contribution >= 4 is 17.5 Å². The summed E-state index contributed by atoms with van der Waals surface area (Å²) in [6.45, 7) is 2.04. The first-order chi connectivity index (χ1) is 11.6. The number of hydrogen-bond acceptors (Lipinski definition) is 4. The summed E-state index contributed by atoms with van der Waals surface area (Å²) in [4.78, 5) is 28.7. The molecule has 0 aliphatic carbocycles. The van der Waals surface area contributed by atoms with Crippen molar-refractivity contribution in [2.75, 3.05) is 38.8 Å². The Morgan fingerprint density at radius 3 is 2.54 bits per heavy atom. The number of hydrogen-bond donors (Lipinski definition) is 0. The summed E-state index contributed by atoms with van der Waals surface area (Å²) in [5.41, 5.74) is 0.692. The SMILES string of the molecule is COc1ccc(N2C[C@@H](C(=O)N3CCCCC3)CC2=O)c(OC)c1. The maximum atomic E-state index is 12.7. The van der Waals surface area contributed by atoms with Crippen LogP contribution in [-0.2, 0) is 9.59 Å². The van der Waals surface area contributed by atoms with Crippen molar-refractivity contribution in [1.29, 1.82) is 0 Å². The molecule has 0 saturated carbocycles. The predicted molar refractivity (Wildman–Crippen MR) is 90.4 cm³/mol. The third-order valence-electron chi connectivity index (χ3n) is 4.82. The van der Waals surface area contributed by atoms with Crippen LogP contribution in [0, 0.1) is 5.92 Å². The molecule has 1 atom stereocenters. The summed E-state index contributed by atoms with van der Waals surface area (Å²) >= 11 is 0. The summed E-state index contributed by atoms with van der Waals surface area (Å²) in [7, 11) is 3.15. The molecule has 1 aromatic rings. The molecule has 130 valence electrons. The van der Waals surface area contributed by atoms with Gasteiger partial charge in [-0.05, 0) is 31.4 Å². The van der Waals surface area contributed by atoms with Crippen LogP contribution < -0.4 is 14.4 Å². The number of ether oxygens (including phenoxy) is 2. The van der Waals surface area contributed by atoms with E-state index in [-0.39, 0.29) is 24.2 Å². The Kier molecular flexibility index (Phi) is 4.92. The maximum Gasteiger partial charge on any atom is 0.228 e. The molecule has 0 spiro atoms.